The SMILES string of the molecule is C#CCOC(=O)/C=C/c1cc(I)c(OCc2cccc(F)c2)c(OC)c1. The molecule has 0 atom stereocenters. The van der Waals surface area contributed by atoms with Gasteiger partial charge in [0.05, 0.1) is 10.7 Å². The molecule has 0 bridgehead atoms. The van der Waals surface area contributed by atoms with Crippen molar-refractivity contribution in [2.45, 2.75) is 6.61 Å². The maximum absolute atomic E-state index is 13.3. The van der Waals surface area contributed by atoms with Crippen LogP contribution in [0.1, 0.15) is 11.1 Å². The minimum absolute atomic E-state index is 0.0725. The fraction of sp³-hybridized carbons (Fsp3) is 0.150. The first-order valence-electron chi connectivity index (χ1n) is 7.56. The number of esters is 1. The van der Waals surface area contributed by atoms with Gasteiger partial charge in [-0.3, -0.25) is 0 Å². The van der Waals surface area contributed by atoms with E-state index in [1.54, 1.807) is 24.3 Å². The highest BCUT2D eigenvalue weighted by Crippen LogP contribution is 2.35. The van der Waals surface area contributed by atoms with Gasteiger partial charge in [-0.25, -0.2) is 9.18 Å². The van der Waals surface area contributed by atoms with Crippen LogP contribution < -0.4 is 9.47 Å². The molecule has 134 valence electrons. The lowest BCUT2D eigenvalue weighted by atomic mass is 10.2. The third-order valence-electron chi connectivity index (χ3n) is 3.23. The van der Waals surface area contributed by atoms with Crippen LogP contribution >= 0.6 is 22.6 Å². The topological polar surface area (TPSA) is 44.8 Å². The van der Waals surface area contributed by atoms with Gasteiger partial charge in [0.1, 0.15) is 12.4 Å². The Morgan fingerprint density at radius 2 is 2.15 bits per heavy atom. The molecule has 0 aliphatic heterocycles. The molecule has 2 aromatic carbocycles. The summed E-state index contributed by atoms with van der Waals surface area (Å²) in [5.41, 5.74) is 1.45. The van der Waals surface area contributed by atoms with Gasteiger partial charge in [-0.05, 0) is 64.1 Å². The highest BCUT2D eigenvalue weighted by molar-refractivity contribution is 14.1. The predicted octanol–water partition coefficient (Wildman–Crippen LogP) is 4.21. The van der Waals surface area contributed by atoms with Gasteiger partial charge in [-0.2, -0.15) is 0 Å². The van der Waals surface area contributed by atoms with Crippen LogP contribution in [0.15, 0.2) is 42.5 Å². The molecule has 0 saturated heterocycles. The number of carbonyl (C=O) groups excluding carboxylic acids is 1. The van der Waals surface area contributed by atoms with Gasteiger partial charge in [-0.15, -0.1) is 6.42 Å². The van der Waals surface area contributed by atoms with Gasteiger partial charge in [-0.1, -0.05) is 18.1 Å². The van der Waals surface area contributed by atoms with E-state index in [4.69, 9.17) is 20.6 Å². The number of halogens is 2. The molecule has 6 heteroatoms. The monoisotopic (exact) mass is 466 g/mol. The molecule has 0 amide bonds. The standard InChI is InChI=1S/C20H16FIO4/c1-3-9-25-19(23)8-7-14-11-17(22)20(18(12-14)24-2)26-13-15-5-4-6-16(21)10-15/h1,4-8,10-12H,9,13H2,2H3/b8-7+. The first kappa shape index (κ1) is 19.8. The first-order chi connectivity index (χ1) is 12.5. The molecule has 0 aromatic heterocycles. The molecule has 0 spiro atoms. The van der Waals surface area contributed by atoms with Gasteiger partial charge >= 0.3 is 5.97 Å². The molecule has 26 heavy (non-hydrogen) atoms. The van der Waals surface area contributed by atoms with E-state index < -0.39 is 5.97 Å². The number of terminal acetylenes is 1. The quantitative estimate of drug-likeness (QED) is 0.266. The van der Waals surface area contributed by atoms with E-state index >= 15 is 0 Å². The van der Waals surface area contributed by atoms with Crippen molar-refractivity contribution in [3.05, 3.63) is 63.0 Å². The van der Waals surface area contributed by atoms with Crippen LogP contribution in [0.3, 0.4) is 0 Å². The summed E-state index contributed by atoms with van der Waals surface area (Å²) in [6.07, 6.45) is 7.92. The Kier molecular flexibility index (Phi) is 7.48. The van der Waals surface area contributed by atoms with E-state index in [1.807, 2.05) is 6.07 Å². The van der Waals surface area contributed by atoms with Crippen LogP contribution in [-0.2, 0) is 16.1 Å². The summed E-state index contributed by atoms with van der Waals surface area (Å²) in [6, 6.07) is 9.76. The van der Waals surface area contributed by atoms with Crippen LogP contribution in [0.25, 0.3) is 6.08 Å². The largest absolute Gasteiger partial charge is 0.493 e. The lowest BCUT2D eigenvalue weighted by Gasteiger charge is -2.13. The van der Waals surface area contributed by atoms with Crippen LogP contribution in [-0.4, -0.2) is 19.7 Å². The summed E-state index contributed by atoms with van der Waals surface area (Å²) in [5, 5.41) is 0. The van der Waals surface area contributed by atoms with E-state index in [1.165, 1.54) is 25.3 Å². The Bertz CT molecular complexity index is 855. The summed E-state index contributed by atoms with van der Waals surface area (Å²) in [4.78, 5) is 11.5. The highest BCUT2D eigenvalue weighted by atomic mass is 127. The second kappa shape index (κ2) is 9.82. The molecule has 2 rings (SSSR count). The van der Waals surface area contributed by atoms with Crippen LogP contribution in [0, 0.1) is 21.7 Å². The second-order valence-electron chi connectivity index (χ2n) is 5.10. The van der Waals surface area contributed by atoms with Crippen LogP contribution in [0.2, 0.25) is 0 Å². The Morgan fingerprint density at radius 1 is 1.35 bits per heavy atom. The fourth-order valence-electron chi connectivity index (χ4n) is 2.08. The van der Waals surface area contributed by atoms with E-state index in [0.717, 1.165) is 9.13 Å². The second-order valence-corrected chi connectivity index (χ2v) is 6.26. The Balaban J connectivity index is 2.14. The van der Waals surface area contributed by atoms with E-state index in [0.29, 0.717) is 17.1 Å². The number of carbonyl (C=O) groups is 1. The van der Waals surface area contributed by atoms with Crippen molar-refractivity contribution in [1.82, 2.24) is 0 Å². The van der Waals surface area contributed by atoms with Gasteiger partial charge in [0.25, 0.3) is 0 Å². The molecular weight excluding hydrogens is 450 g/mol. The molecule has 0 N–H and O–H groups in total. The van der Waals surface area contributed by atoms with Crippen LogP contribution in [0.5, 0.6) is 11.5 Å². The molecule has 0 aliphatic carbocycles. The summed E-state index contributed by atoms with van der Waals surface area (Å²) >= 11 is 2.11. The van der Waals surface area contributed by atoms with Crippen molar-refractivity contribution >= 4 is 34.6 Å². The molecule has 4 nitrogen and oxygen atoms in total. The van der Waals surface area contributed by atoms with Crippen molar-refractivity contribution in [2.24, 2.45) is 0 Å². The number of ether oxygens (including phenoxy) is 3. The lowest BCUT2D eigenvalue weighted by molar-refractivity contribution is -0.136. The summed E-state index contributed by atoms with van der Waals surface area (Å²) in [6.45, 7) is 0.134. The Morgan fingerprint density at radius 3 is 2.85 bits per heavy atom. The third kappa shape index (κ3) is 5.77. The lowest BCUT2D eigenvalue weighted by Crippen LogP contribution is -2.01. The average Bonchev–Trinajstić information content (AvgIpc) is 2.63. The maximum atomic E-state index is 13.3. The molecule has 0 unspecified atom stereocenters. The van der Waals surface area contributed by atoms with Gasteiger partial charge in [0, 0.05) is 6.08 Å². The van der Waals surface area contributed by atoms with E-state index in [2.05, 4.69) is 28.5 Å². The van der Waals surface area contributed by atoms with Crippen molar-refractivity contribution < 1.29 is 23.4 Å². The number of hydrogen-bond donors (Lipinski definition) is 0. The maximum Gasteiger partial charge on any atom is 0.331 e. The van der Waals surface area contributed by atoms with Gasteiger partial charge < -0.3 is 14.2 Å². The molecule has 0 radical (unpaired) electrons. The molecular formula is C20H16FIO4. The van der Waals surface area contributed by atoms with E-state index in [9.17, 15) is 9.18 Å². The van der Waals surface area contributed by atoms with Gasteiger partial charge in [0.15, 0.2) is 18.1 Å². The molecule has 0 heterocycles. The zero-order valence-electron chi connectivity index (χ0n) is 14.0. The number of methoxy groups -OCH3 is 1. The number of rotatable bonds is 7. The van der Waals surface area contributed by atoms with E-state index in [-0.39, 0.29) is 19.0 Å². The van der Waals surface area contributed by atoms with Crippen molar-refractivity contribution in [1.29, 1.82) is 0 Å². The van der Waals surface area contributed by atoms with Crippen molar-refractivity contribution in [3.63, 3.8) is 0 Å². The Hall–Kier alpha value is -2.53. The first-order valence-corrected chi connectivity index (χ1v) is 8.64. The minimum Gasteiger partial charge on any atom is -0.493 e. The minimum atomic E-state index is -0.525. The smallest absolute Gasteiger partial charge is 0.331 e. The van der Waals surface area contributed by atoms with Crippen molar-refractivity contribution in [3.8, 4) is 23.8 Å². The van der Waals surface area contributed by atoms with Gasteiger partial charge in [0.2, 0.25) is 0 Å². The number of hydrogen-bond acceptors (Lipinski definition) is 4. The summed E-state index contributed by atoms with van der Waals surface area (Å²) in [5.74, 6) is 2.44. The molecule has 0 aliphatic rings. The summed E-state index contributed by atoms with van der Waals surface area (Å²) in [7, 11) is 1.52. The zero-order chi connectivity index (χ0) is 18.9. The summed E-state index contributed by atoms with van der Waals surface area (Å²) < 4.78 is 30.0. The molecule has 2 aromatic rings. The molecule has 0 saturated carbocycles. The zero-order valence-corrected chi connectivity index (χ0v) is 16.2. The Labute approximate surface area is 165 Å². The van der Waals surface area contributed by atoms with Crippen molar-refractivity contribution in [2.75, 3.05) is 13.7 Å². The predicted molar refractivity (Wildman–Crippen MR) is 105 cm³/mol. The van der Waals surface area contributed by atoms with Crippen LogP contribution in [0.4, 0.5) is 4.39 Å². The highest BCUT2D eigenvalue weighted by Gasteiger charge is 2.11. The normalized spacial score (nSPS) is 10.4. The average molecular weight is 466 g/mol. The fourth-order valence-corrected chi connectivity index (χ4v) is 2.86. The number of benzene rings is 2. The molecule has 0 fully saturated rings. The third-order valence-corrected chi connectivity index (χ3v) is 4.03.